The highest BCUT2D eigenvalue weighted by molar-refractivity contribution is 7.80. The molecule has 0 radical (unpaired) electrons. The van der Waals surface area contributed by atoms with Crippen LogP contribution in [-0.2, 0) is 0 Å². The second-order valence-electron chi connectivity index (χ2n) is 7.68. The standard InChI is InChI=1S/C25H24ClN3O3S/c1-16(2)15-32-22-11-9-17(10-12-22)23(30)29-25(33)28-20-7-3-5-18(13-20)24(31)27-21-8-4-6-19(26)14-21/h3-14,16H,15H2,1-2H3,(H,27,31)(H2,28,29,30,33). The molecule has 0 heterocycles. The predicted molar refractivity (Wildman–Crippen MR) is 136 cm³/mol. The molecule has 0 saturated carbocycles. The molecule has 0 spiro atoms. The maximum Gasteiger partial charge on any atom is 0.257 e. The second-order valence-corrected chi connectivity index (χ2v) is 8.53. The lowest BCUT2D eigenvalue weighted by Crippen LogP contribution is -2.34. The zero-order valence-electron chi connectivity index (χ0n) is 18.2. The first-order valence-corrected chi connectivity index (χ1v) is 11.1. The van der Waals surface area contributed by atoms with Crippen molar-refractivity contribution < 1.29 is 14.3 Å². The molecule has 3 aromatic carbocycles. The zero-order chi connectivity index (χ0) is 23.8. The van der Waals surface area contributed by atoms with Crippen molar-refractivity contribution in [3.8, 4) is 5.75 Å². The van der Waals surface area contributed by atoms with E-state index in [9.17, 15) is 9.59 Å². The number of hydrogen-bond donors (Lipinski definition) is 3. The second kappa shape index (κ2) is 11.4. The van der Waals surface area contributed by atoms with Gasteiger partial charge in [0.2, 0.25) is 0 Å². The van der Waals surface area contributed by atoms with Crippen molar-refractivity contribution in [2.45, 2.75) is 13.8 Å². The Morgan fingerprint density at radius 2 is 1.55 bits per heavy atom. The van der Waals surface area contributed by atoms with Crippen LogP contribution < -0.4 is 20.7 Å². The van der Waals surface area contributed by atoms with Crippen molar-refractivity contribution in [1.82, 2.24) is 5.32 Å². The van der Waals surface area contributed by atoms with Crippen molar-refractivity contribution in [2.75, 3.05) is 17.2 Å². The van der Waals surface area contributed by atoms with Crippen LogP contribution >= 0.6 is 23.8 Å². The summed E-state index contributed by atoms with van der Waals surface area (Å²) in [7, 11) is 0. The van der Waals surface area contributed by atoms with Gasteiger partial charge in [-0.1, -0.05) is 37.6 Å². The van der Waals surface area contributed by atoms with Gasteiger partial charge in [0.05, 0.1) is 6.61 Å². The van der Waals surface area contributed by atoms with E-state index in [4.69, 9.17) is 28.6 Å². The van der Waals surface area contributed by atoms with Gasteiger partial charge in [-0.15, -0.1) is 0 Å². The van der Waals surface area contributed by atoms with Crippen LogP contribution in [0.1, 0.15) is 34.6 Å². The van der Waals surface area contributed by atoms with Gasteiger partial charge in [-0.3, -0.25) is 14.9 Å². The molecule has 2 amide bonds. The van der Waals surface area contributed by atoms with E-state index in [0.717, 1.165) is 0 Å². The molecular formula is C25H24ClN3O3S. The molecule has 0 fully saturated rings. The maximum atomic E-state index is 12.5. The molecule has 0 saturated heterocycles. The minimum absolute atomic E-state index is 0.118. The Kier molecular flexibility index (Phi) is 8.40. The lowest BCUT2D eigenvalue weighted by atomic mass is 10.2. The number of carbonyl (C=O) groups is 2. The summed E-state index contributed by atoms with van der Waals surface area (Å²) in [5, 5.41) is 9.00. The lowest BCUT2D eigenvalue weighted by molar-refractivity contribution is 0.0976. The van der Waals surface area contributed by atoms with Gasteiger partial charge >= 0.3 is 0 Å². The quantitative estimate of drug-likeness (QED) is 0.374. The van der Waals surface area contributed by atoms with E-state index < -0.39 is 0 Å². The van der Waals surface area contributed by atoms with Crippen molar-refractivity contribution in [3.05, 3.63) is 88.9 Å². The highest BCUT2D eigenvalue weighted by Gasteiger charge is 2.11. The Morgan fingerprint density at radius 3 is 2.21 bits per heavy atom. The van der Waals surface area contributed by atoms with Crippen LogP contribution in [-0.4, -0.2) is 23.5 Å². The molecule has 6 nitrogen and oxygen atoms in total. The molecule has 8 heteroatoms. The highest BCUT2D eigenvalue weighted by Crippen LogP contribution is 2.18. The Bertz CT molecular complexity index is 1150. The van der Waals surface area contributed by atoms with E-state index in [0.29, 0.717) is 45.8 Å². The van der Waals surface area contributed by atoms with Crippen LogP contribution in [0.5, 0.6) is 5.75 Å². The molecule has 0 atom stereocenters. The molecule has 0 aliphatic heterocycles. The van der Waals surface area contributed by atoms with Gasteiger partial charge in [0, 0.05) is 27.5 Å². The topological polar surface area (TPSA) is 79.5 Å². The van der Waals surface area contributed by atoms with Gasteiger partial charge in [0.15, 0.2) is 5.11 Å². The smallest absolute Gasteiger partial charge is 0.257 e. The summed E-state index contributed by atoms with van der Waals surface area (Å²) in [4.78, 5) is 25.0. The summed E-state index contributed by atoms with van der Waals surface area (Å²) in [5.74, 6) is 0.472. The fraction of sp³-hybridized carbons (Fsp3) is 0.160. The Morgan fingerprint density at radius 1 is 0.879 bits per heavy atom. The number of ether oxygens (including phenoxy) is 1. The van der Waals surface area contributed by atoms with Gasteiger partial charge in [-0.2, -0.15) is 0 Å². The number of anilines is 2. The molecule has 0 bridgehead atoms. The van der Waals surface area contributed by atoms with E-state index in [1.165, 1.54) is 0 Å². The molecule has 3 aromatic rings. The molecule has 0 aromatic heterocycles. The molecule has 3 rings (SSSR count). The van der Waals surface area contributed by atoms with E-state index >= 15 is 0 Å². The maximum absolute atomic E-state index is 12.5. The summed E-state index contributed by atoms with van der Waals surface area (Å²) in [5.41, 5.74) is 2.03. The first-order valence-electron chi connectivity index (χ1n) is 10.3. The van der Waals surface area contributed by atoms with Gasteiger partial charge in [0.25, 0.3) is 11.8 Å². The molecule has 170 valence electrons. The molecule has 0 aliphatic rings. The van der Waals surface area contributed by atoms with E-state index in [1.54, 1.807) is 72.8 Å². The summed E-state index contributed by atoms with van der Waals surface area (Å²) in [6, 6.07) is 20.5. The average molecular weight is 482 g/mol. The highest BCUT2D eigenvalue weighted by atomic mass is 35.5. The molecule has 0 unspecified atom stereocenters. The van der Waals surface area contributed by atoms with Crippen molar-refractivity contribution >= 4 is 52.1 Å². The fourth-order valence-corrected chi connectivity index (χ4v) is 3.21. The lowest BCUT2D eigenvalue weighted by Gasteiger charge is -2.12. The first kappa shape index (κ1) is 24.2. The van der Waals surface area contributed by atoms with Crippen LogP contribution in [0.3, 0.4) is 0 Å². The van der Waals surface area contributed by atoms with Crippen molar-refractivity contribution in [3.63, 3.8) is 0 Å². The predicted octanol–water partition coefficient (Wildman–Crippen LogP) is 5.75. The number of carbonyl (C=O) groups excluding carboxylic acids is 2. The molecular weight excluding hydrogens is 458 g/mol. The minimum Gasteiger partial charge on any atom is -0.493 e. The largest absolute Gasteiger partial charge is 0.493 e. The third-order valence-corrected chi connectivity index (χ3v) is 4.83. The summed E-state index contributed by atoms with van der Waals surface area (Å²) in [6.45, 7) is 4.74. The zero-order valence-corrected chi connectivity index (χ0v) is 19.8. The fourth-order valence-electron chi connectivity index (χ4n) is 2.81. The number of benzene rings is 3. The van der Waals surface area contributed by atoms with Crippen molar-refractivity contribution in [1.29, 1.82) is 0 Å². The van der Waals surface area contributed by atoms with Crippen LogP contribution in [0, 0.1) is 5.92 Å². The molecule has 3 N–H and O–H groups in total. The third-order valence-electron chi connectivity index (χ3n) is 4.39. The monoisotopic (exact) mass is 481 g/mol. The molecule has 33 heavy (non-hydrogen) atoms. The van der Waals surface area contributed by atoms with Crippen LogP contribution in [0.25, 0.3) is 0 Å². The van der Waals surface area contributed by atoms with Crippen molar-refractivity contribution in [2.24, 2.45) is 5.92 Å². The van der Waals surface area contributed by atoms with E-state index in [1.807, 2.05) is 0 Å². The average Bonchev–Trinajstić information content (AvgIpc) is 2.78. The summed E-state index contributed by atoms with van der Waals surface area (Å²) in [6.07, 6.45) is 0. The molecule has 0 aliphatic carbocycles. The van der Waals surface area contributed by atoms with E-state index in [-0.39, 0.29) is 16.9 Å². The number of halogens is 1. The van der Waals surface area contributed by atoms with Gasteiger partial charge in [-0.25, -0.2) is 0 Å². The first-order chi connectivity index (χ1) is 15.8. The van der Waals surface area contributed by atoms with Gasteiger partial charge < -0.3 is 15.4 Å². The normalized spacial score (nSPS) is 10.4. The van der Waals surface area contributed by atoms with Crippen LogP contribution in [0.2, 0.25) is 5.02 Å². The Balaban J connectivity index is 1.57. The van der Waals surface area contributed by atoms with Crippen LogP contribution in [0.4, 0.5) is 11.4 Å². The Labute approximate surface area is 203 Å². The van der Waals surface area contributed by atoms with Gasteiger partial charge in [0.1, 0.15) is 5.75 Å². The Hall–Kier alpha value is -3.42. The van der Waals surface area contributed by atoms with Crippen LogP contribution in [0.15, 0.2) is 72.8 Å². The number of thiocarbonyl (C=S) groups is 1. The number of rotatable bonds is 7. The summed E-state index contributed by atoms with van der Waals surface area (Å²) >= 11 is 11.2. The number of nitrogens with one attached hydrogen (secondary N) is 3. The summed E-state index contributed by atoms with van der Waals surface area (Å²) < 4.78 is 5.63. The third kappa shape index (κ3) is 7.59. The SMILES string of the molecule is CC(C)COc1ccc(C(=O)NC(=S)Nc2cccc(C(=O)Nc3cccc(Cl)c3)c2)cc1. The number of hydrogen-bond acceptors (Lipinski definition) is 4. The number of amides is 2. The van der Waals surface area contributed by atoms with E-state index in [2.05, 4.69) is 29.8 Å². The minimum atomic E-state index is -0.349. The van der Waals surface area contributed by atoms with Gasteiger partial charge in [-0.05, 0) is 78.8 Å².